The normalized spacial score (nSPS) is 14.5. The number of carbonyl (C=O) groups excluding carboxylic acids is 1. The largest absolute Gasteiger partial charge is 0.357 e. The van der Waals surface area contributed by atoms with Gasteiger partial charge in [0.05, 0.1) is 6.54 Å². The molecule has 28 heavy (non-hydrogen) atoms. The monoisotopic (exact) mass is 382 g/mol. The quantitative estimate of drug-likeness (QED) is 0.594. The minimum Gasteiger partial charge on any atom is -0.357 e. The molecule has 2 aromatic carbocycles. The fourth-order valence-corrected chi connectivity index (χ4v) is 3.15. The lowest BCUT2D eigenvalue weighted by Crippen LogP contribution is -2.36. The van der Waals surface area contributed by atoms with Crippen molar-refractivity contribution in [3.63, 3.8) is 0 Å². The number of amides is 1. The summed E-state index contributed by atoms with van der Waals surface area (Å²) in [6.45, 7) is 6.31. The van der Waals surface area contributed by atoms with E-state index in [1.807, 2.05) is 42.2 Å². The summed E-state index contributed by atoms with van der Waals surface area (Å²) in [7, 11) is 0. The molecule has 1 aliphatic heterocycles. The number of benzene rings is 2. The zero-order chi connectivity index (χ0) is 19.9. The van der Waals surface area contributed by atoms with Gasteiger partial charge in [0.25, 0.3) is 0 Å². The van der Waals surface area contributed by atoms with Crippen LogP contribution in [0.25, 0.3) is 0 Å². The van der Waals surface area contributed by atoms with Crippen molar-refractivity contribution >= 4 is 17.6 Å². The fourth-order valence-electron chi connectivity index (χ4n) is 3.15. The van der Waals surface area contributed by atoms with E-state index in [2.05, 4.69) is 15.6 Å². The molecule has 1 heterocycles. The lowest BCUT2D eigenvalue weighted by atomic mass is 10.1. The second-order valence-electron chi connectivity index (χ2n) is 6.95. The Kier molecular flexibility index (Phi) is 6.63. The molecule has 0 atom stereocenters. The molecule has 0 aliphatic carbocycles. The van der Waals surface area contributed by atoms with Crippen LogP contribution in [0.2, 0.25) is 0 Å². The van der Waals surface area contributed by atoms with Crippen molar-refractivity contribution in [3.05, 3.63) is 65.0 Å². The number of nitrogens with zero attached hydrogens (tertiary/aromatic N) is 2. The summed E-state index contributed by atoms with van der Waals surface area (Å²) >= 11 is 0. The first-order chi connectivity index (χ1) is 13.6. The predicted molar refractivity (Wildman–Crippen MR) is 111 cm³/mol. The van der Waals surface area contributed by atoms with Crippen LogP contribution >= 0.6 is 0 Å². The van der Waals surface area contributed by atoms with Crippen LogP contribution in [-0.2, 0) is 17.9 Å². The maximum absolute atomic E-state index is 13.7. The summed E-state index contributed by atoms with van der Waals surface area (Å²) in [5.74, 6) is 0.671. The van der Waals surface area contributed by atoms with Gasteiger partial charge in [0.1, 0.15) is 5.82 Å². The van der Waals surface area contributed by atoms with Crippen molar-refractivity contribution in [1.82, 2.24) is 10.6 Å². The Labute approximate surface area is 165 Å². The van der Waals surface area contributed by atoms with Crippen LogP contribution in [0.3, 0.4) is 0 Å². The molecule has 0 bridgehead atoms. The first kappa shape index (κ1) is 19.9. The molecule has 5 nitrogen and oxygen atoms in total. The van der Waals surface area contributed by atoms with Crippen molar-refractivity contribution in [3.8, 4) is 0 Å². The molecular formula is C22H27FN4O. The van der Waals surface area contributed by atoms with E-state index in [0.717, 1.165) is 36.3 Å². The Morgan fingerprint density at radius 3 is 2.54 bits per heavy atom. The lowest BCUT2D eigenvalue weighted by Gasteiger charge is -2.16. The van der Waals surface area contributed by atoms with Crippen molar-refractivity contribution in [1.29, 1.82) is 0 Å². The standard InChI is InChI=1S/C22H27FN4O/c1-3-24-22(26-15-18-7-6-16(2)20(23)13-18)25-14-17-8-10-19(11-9-17)27-12-4-5-21(27)28/h6-11,13H,3-5,12,14-15H2,1-2H3,(H2,24,25,26). The number of halogens is 1. The summed E-state index contributed by atoms with van der Waals surface area (Å²) in [5, 5.41) is 6.50. The van der Waals surface area contributed by atoms with Crippen LogP contribution < -0.4 is 15.5 Å². The van der Waals surface area contributed by atoms with Gasteiger partial charge < -0.3 is 15.5 Å². The van der Waals surface area contributed by atoms with E-state index in [1.165, 1.54) is 6.07 Å². The molecule has 3 rings (SSSR count). The number of anilines is 1. The van der Waals surface area contributed by atoms with Crippen molar-refractivity contribution in [2.45, 2.75) is 39.8 Å². The van der Waals surface area contributed by atoms with Gasteiger partial charge in [-0.2, -0.15) is 0 Å². The average molecular weight is 382 g/mol. The number of guanidine groups is 1. The molecule has 0 spiro atoms. The summed E-state index contributed by atoms with van der Waals surface area (Å²) in [6, 6.07) is 13.2. The molecular weight excluding hydrogens is 355 g/mol. The Hall–Kier alpha value is -2.89. The van der Waals surface area contributed by atoms with Gasteiger partial charge in [0.15, 0.2) is 5.96 Å². The Balaban J connectivity index is 1.59. The van der Waals surface area contributed by atoms with E-state index < -0.39 is 0 Å². The highest BCUT2D eigenvalue weighted by Crippen LogP contribution is 2.21. The summed E-state index contributed by atoms with van der Waals surface area (Å²) in [6.07, 6.45) is 1.56. The van der Waals surface area contributed by atoms with E-state index in [-0.39, 0.29) is 11.7 Å². The van der Waals surface area contributed by atoms with Gasteiger partial charge in [-0.05, 0) is 55.2 Å². The van der Waals surface area contributed by atoms with Gasteiger partial charge in [-0.3, -0.25) is 4.79 Å². The minimum atomic E-state index is -0.206. The average Bonchev–Trinajstić information content (AvgIpc) is 3.13. The van der Waals surface area contributed by atoms with Crippen LogP contribution in [0.4, 0.5) is 10.1 Å². The van der Waals surface area contributed by atoms with Crippen molar-refractivity contribution in [2.24, 2.45) is 4.99 Å². The lowest BCUT2D eigenvalue weighted by molar-refractivity contribution is -0.117. The molecule has 148 valence electrons. The second-order valence-corrected chi connectivity index (χ2v) is 6.95. The molecule has 1 fully saturated rings. The third-order valence-corrected chi connectivity index (χ3v) is 4.78. The topological polar surface area (TPSA) is 56.7 Å². The third-order valence-electron chi connectivity index (χ3n) is 4.78. The molecule has 0 radical (unpaired) electrons. The summed E-state index contributed by atoms with van der Waals surface area (Å²) in [5.41, 5.74) is 3.52. The number of aryl methyl sites for hydroxylation is 1. The Morgan fingerprint density at radius 2 is 1.89 bits per heavy atom. The molecule has 0 saturated carbocycles. The van der Waals surface area contributed by atoms with E-state index in [0.29, 0.717) is 31.0 Å². The van der Waals surface area contributed by atoms with E-state index >= 15 is 0 Å². The van der Waals surface area contributed by atoms with Crippen LogP contribution in [0, 0.1) is 12.7 Å². The maximum Gasteiger partial charge on any atom is 0.227 e. The molecule has 0 aromatic heterocycles. The van der Waals surface area contributed by atoms with Gasteiger partial charge in [-0.25, -0.2) is 9.38 Å². The smallest absolute Gasteiger partial charge is 0.227 e. The Bertz CT molecular complexity index is 848. The predicted octanol–water partition coefficient (Wildman–Crippen LogP) is 3.52. The molecule has 6 heteroatoms. The number of nitrogens with one attached hydrogen (secondary N) is 2. The highest BCUT2D eigenvalue weighted by Gasteiger charge is 2.21. The highest BCUT2D eigenvalue weighted by atomic mass is 19.1. The number of rotatable bonds is 6. The summed E-state index contributed by atoms with van der Waals surface area (Å²) in [4.78, 5) is 18.2. The summed E-state index contributed by atoms with van der Waals surface area (Å²) < 4.78 is 13.7. The van der Waals surface area contributed by atoms with Crippen LogP contribution in [0.5, 0.6) is 0 Å². The number of hydrogen-bond acceptors (Lipinski definition) is 2. The highest BCUT2D eigenvalue weighted by molar-refractivity contribution is 5.95. The molecule has 0 unspecified atom stereocenters. The SMILES string of the molecule is CCNC(=NCc1ccc(C)c(F)c1)NCc1ccc(N2CCCC2=O)cc1. The van der Waals surface area contributed by atoms with E-state index in [4.69, 9.17) is 0 Å². The molecule has 2 aromatic rings. The van der Waals surface area contributed by atoms with Gasteiger partial charge in [-0.15, -0.1) is 0 Å². The van der Waals surface area contributed by atoms with Crippen LogP contribution in [0.1, 0.15) is 36.5 Å². The van der Waals surface area contributed by atoms with E-state index in [9.17, 15) is 9.18 Å². The zero-order valence-corrected chi connectivity index (χ0v) is 16.5. The molecule has 1 amide bonds. The number of carbonyl (C=O) groups is 1. The fraction of sp³-hybridized carbons (Fsp3) is 0.364. The van der Waals surface area contributed by atoms with Crippen LogP contribution in [0.15, 0.2) is 47.5 Å². The van der Waals surface area contributed by atoms with Gasteiger partial charge in [-0.1, -0.05) is 24.3 Å². The van der Waals surface area contributed by atoms with E-state index in [1.54, 1.807) is 13.0 Å². The second kappa shape index (κ2) is 9.35. The number of hydrogen-bond donors (Lipinski definition) is 2. The van der Waals surface area contributed by atoms with Crippen molar-refractivity contribution < 1.29 is 9.18 Å². The number of aliphatic imine (C=N–C) groups is 1. The minimum absolute atomic E-state index is 0.194. The first-order valence-corrected chi connectivity index (χ1v) is 9.73. The third kappa shape index (κ3) is 5.09. The van der Waals surface area contributed by atoms with Gasteiger partial charge in [0.2, 0.25) is 5.91 Å². The Morgan fingerprint density at radius 1 is 1.14 bits per heavy atom. The molecule has 1 saturated heterocycles. The first-order valence-electron chi connectivity index (χ1n) is 9.73. The molecule has 1 aliphatic rings. The van der Waals surface area contributed by atoms with Gasteiger partial charge in [0, 0.05) is 31.7 Å². The maximum atomic E-state index is 13.7. The molecule has 2 N–H and O–H groups in total. The van der Waals surface area contributed by atoms with Crippen LogP contribution in [-0.4, -0.2) is 25.0 Å². The zero-order valence-electron chi connectivity index (χ0n) is 16.5. The van der Waals surface area contributed by atoms with Gasteiger partial charge >= 0.3 is 0 Å². The van der Waals surface area contributed by atoms with Crippen molar-refractivity contribution in [2.75, 3.05) is 18.0 Å².